The first-order valence-electron chi connectivity index (χ1n) is 12.6. The molecule has 0 radical (unpaired) electrons. The van der Waals surface area contributed by atoms with Crippen LogP contribution in [0.5, 0.6) is 11.5 Å². The molecule has 1 amide bonds. The quantitative estimate of drug-likeness (QED) is 0.532. The fourth-order valence-electron chi connectivity index (χ4n) is 5.25. The first-order chi connectivity index (χ1) is 18.1. The Balaban J connectivity index is 1.43. The van der Waals surface area contributed by atoms with Crippen LogP contribution >= 0.6 is 0 Å². The van der Waals surface area contributed by atoms with Crippen molar-refractivity contribution in [3.05, 3.63) is 91.3 Å². The molecule has 10 heteroatoms. The number of nitrogens with one attached hydrogen (secondary N) is 1. The van der Waals surface area contributed by atoms with E-state index < -0.39 is 41.8 Å². The molecule has 5 rings (SSSR count). The Morgan fingerprint density at radius 1 is 1.11 bits per heavy atom. The molecule has 0 spiro atoms. The number of ether oxygens (including phenoxy) is 2. The number of nitrogens with zero attached hydrogens (tertiary/aromatic N) is 2. The maximum atomic E-state index is 15.2. The number of aryl methyl sites for hydroxylation is 3. The summed E-state index contributed by atoms with van der Waals surface area (Å²) in [5.41, 5.74) is 2.14. The van der Waals surface area contributed by atoms with Gasteiger partial charge in [0.25, 0.3) is 5.56 Å². The number of aliphatic hydroxyl groups excluding tert-OH is 1. The molecule has 2 aliphatic rings. The Bertz CT molecular complexity index is 1460. The van der Waals surface area contributed by atoms with E-state index in [1.807, 2.05) is 50.2 Å². The largest absolute Gasteiger partial charge is 0.456 e. The number of aliphatic hydroxyl groups is 1. The lowest BCUT2D eigenvalue weighted by atomic mass is 9.85. The van der Waals surface area contributed by atoms with Gasteiger partial charge in [-0.1, -0.05) is 43.3 Å². The zero-order valence-corrected chi connectivity index (χ0v) is 21.6. The highest BCUT2D eigenvalue weighted by atomic mass is 19.1. The molecule has 1 aromatic heterocycles. The second-order valence-corrected chi connectivity index (χ2v) is 9.91. The lowest BCUT2D eigenvalue weighted by molar-refractivity contribution is -0.133. The number of hydrogen-bond acceptors (Lipinski definition) is 6. The van der Waals surface area contributed by atoms with Gasteiger partial charge in [-0.25, -0.2) is 9.18 Å². The van der Waals surface area contributed by atoms with Crippen LogP contribution in [0.25, 0.3) is 0 Å². The van der Waals surface area contributed by atoms with E-state index in [9.17, 15) is 19.5 Å². The molecule has 1 saturated heterocycles. The number of halogens is 1. The van der Waals surface area contributed by atoms with Crippen LogP contribution in [0.1, 0.15) is 46.9 Å². The Morgan fingerprint density at radius 3 is 2.29 bits per heavy atom. The average molecular weight is 524 g/mol. The van der Waals surface area contributed by atoms with Crippen LogP contribution in [0.3, 0.4) is 0 Å². The number of carbonyl (C=O) groups excluding carboxylic acids is 1. The van der Waals surface area contributed by atoms with E-state index in [1.54, 1.807) is 14.0 Å². The lowest BCUT2D eigenvalue weighted by Gasteiger charge is -2.33. The smallest absolute Gasteiger partial charge is 0.330 e. The Morgan fingerprint density at radius 2 is 1.71 bits per heavy atom. The van der Waals surface area contributed by atoms with Crippen molar-refractivity contribution in [2.75, 3.05) is 13.6 Å². The molecule has 0 aliphatic carbocycles. The second kappa shape index (κ2) is 9.85. The van der Waals surface area contributed by atoms with Gasteiger partial charge in [0.15, 0.2) is 12.4 Å². The van der Waals surface area contributed by atoms with E-state index in [0.717, 1.165) is 26.8 Å². The molecule has 9 nitrogen and oxygen atoms in total. The third-order valence-corrected chi connectivity index (χ3v) is 7.38. The zero-order chi connectivity index (χ0) is 27.3. The Kier molecular flexibility index (Phi) is 6.70. The Labute approximate surface area is 218 Å². The van der Waals surface area contributed by atoms with Gasteiger partial charge < -0.3 is 19.5 Å². The number of H-pyrrole nitrogens is 1. The zero-order valence-electron chi connectivity index (χ0n) is 21.6. The van der Waals surface area contributed by atoms with Crippen LogP contribution < -0.4 is 16.0 Å². The summed E-state index contributed by atoms with van der Waals surface area (Å²) in [4.78, 5) is 41.8. The highest BCUT2D eigenvalue weighted by Crippen LogP contribution is 2.47. The lowest BCUT2D eigenvalue weighted by Crippen LogP contribution is -2.42. The molecule has 38 heavy (non-hydrogen) atoms. The summed E-state index contributed by atoms with van der Waals surface area (Å²) in [5.74, 6) is 0.330. The summed E-state index contributed by atoms with van der Waals surface area (Å²) in [6.45, 7) is 5.45. The van der Waals surface area contributed by atoms with E-state index in [-0.39, 0.29) is 18.0 Å². The van der Waals surface area contributed by atoms with Gasteiger partial charge in [-0.05, 0) is 31.4 Å². The van der Waals surface area contributed by atoms with Gasteiger partial charge in [0, 0.05) is 36.5 Å². The first kappa shape index (κ1) is 25.9. The topological polar surface area (TPSA) is 114 Å². The molecule has 2 aliphatic heterocycles. The van der Waals surface area contributed by atoms with Crippen molar-refractivity contribution < 1.29 is 23.8 Å². The van der Waals surface area contributed by atoms with Crippen LogP contribution in [0.15, 0.2) is 52.2 Å². The van der Waals surface area contributed by atoms with Gasteiger partial charge in [0.1, 0.15) is 23.7 Å². The van der Waals surface area contributed by atoms with E-state index in [1.165, 1.54) is 11.1 Å². The molecule has 0 saturated carbocycles. The predicted molar refractivity (Wildman–Crippen MR) is 137 cm³/mol. The molecule has 3 aromatic rings. The van der Waals surface area contributed by atoms with Crippen LogP contribution in [-0.4, -0.2) is 57.4 Å². The standard InChI is InChI=1S/C28H30FN3O6/c1-5-16-12-32(28(36)30-25(16)34)27-21(29)22(33)19(37-27)13-31(4)26(35)20-17-10-6-8-14(2)23(17)38-24-15(3)9-7-11-18(20)24/h6-12,19-22,27,33H,5,13H2,1-4H3,(H,30,34,36)/t19-,21+,22-,27-/m1/s1. The number of fused-ring (bicyclic) bond motifs is 2. The number of benzene rings is 2. The molecule has 0 bridgehead atoms. The van der Waals surface area contributed by atoms with E-state index in [2.05, 4.69) is 4.98 Å². The minimum absolute atomic E-state index is 0.116. The summed E-state index contributed by atoms with van der Waals surface area (Å²) in [6, 6.07) is 11.3. The molecule has 1 fully saturated rings. The number of aromatic nitrogens is 2. The van der Waals surface area contributed by atoms with Crippen LogP contribution in [-0.2, 0) is 16.0 Å². The van der Waals surface area contributed by atoms with Crippen molar-refractivity contribution in [1.82, 2.24) is 14.5 Å². The summed E-state index contributed by atoms with van der Waals surface area (Å²) >= 11 is 0. The summed E-state index contributed by atoms with van der Waals surface area (Å²) in [5, 5.41) is 10.6. The van der Waals surface area contributed by atoms with Crippen molar-refractivity contribution in [1.29, 1.82) is 0 Å². The summed E-state index contributed by atoms with van der Waals surface area (Å²) < 4.78 is 28.1. The van der Waals surface area contributed by atoms with E-state index in [4.69, 9.17) is 9.47 Å². The monoisotopic (exact) mass is 523 g/mol. The van der Waals surface area contributed by atoms with Gasteiger partial charge in [-0.2, -0.15) is 0 Å². The number of hydrogen-bond donors (Lipinski definition) is 2. The SMILES string of the molecule is CCc1cn([C@@H]2O[C@H](CN(C)C(=O)C3c4cccc(C)c4Oc4c(C)cccc43)[C@@H](O)[C@@H]2F)c(=O)[nH]c1=O. The van der Waals surface area contributed by atoms with Gasteiger partial charge in [-0.3, -0.25) is 19.1 Å². The van der Waals surface area contributed by atoms with Gasteiger partial charge in [0.05, 0.1) is 5.92 Å². The maximum absolute atomic E-state index is 15.2. The van der Waals surface area contributed by atoms with E-state index in [0.29, 0.717) is 17.9 Å². The van der Waals surface area contributed by atoms with E-state index >= 15 is 4.39 Å². The molecular weight excluding hydrogens is 493 g/mol. The van der Waals surface area contributed by atoms with Crippen molar-refractivity contribution >= 4 is 5.91 Å². The molecule has 200 valence electrons. The summed E-state index contributed by atoms with van der Waals surface area (Å²) in [7, 11) is 1.57. The van der Waals surface area contributed by atoms with Crippen molar-refractivity contribution in [2.45, 2.75) is 57.7 Å². The van der Waals surface area contributed by atoms with Crippen LogP contribution in [0, 0.1) is 13.8 Å². The highest BCUT2D eigenvalue weighted by Gasteiger charge is 2.47. The number of likely N-dealkylation sites (N-methyl/N-ethyl adjacent to an activating group) is 1. The number of rotatable bonds is 5. The molecule has 2 aromatic carbocycles. The number of para-hydroxylation sites is 2. The highest BCUT2D eigenvalue weighted by molar-refractivity contribution is 5.90. The number of alkyl halides is 1. The molecule has 4 atom stereocenters. The number of carbonyl (C=O) groups is 1. The van der Waals surface area contributed by atoms with Crippen molar-refractivity contribution in [2.24, 2.45) is 0 Å². The molecule has 0 unspecified atom stereocenters. The predicted octanol–water partition coefficient (Wildman–Crippen LogP) is 2.71. The first-order valence-corrected chi connectivity index (χ1v) is 12.6. The minimum atomic E-state index is -1.94. The maximum Gasteiger partial charge on any atom is 0.330 e. The third-order valence-electron chi connectivity index (χ3n) is 7.38. The minimum Gasteiger partial charge on any atom is -0.456 e. The number of amides is 1. The van der Waals surface area contributed by atoms with Crippen molar-refractivity contribution in [3.8, 4) is 11.5 Å². The third kappa shape index (κ3) is 4.23. The van der Waals surface area contributed by atoms with Crippen LogP contribution in [0.2, 0.25) is 0 Å². The average Bonchev–Trinajstić information content (AvgIpc) is 3.16. The second-order valence-electron chi connectivity index (χ2n) is 9.91. The van der Waals surface area contributed by atoms with Gasteiger partial charge in [0.2, 0.25) is 5.91 Å². The summed E-state index contributed by atoms with van der Waals surface area (Å²) in [6.07, 6.45) is -4.48. The fraction of sp³-hybridized carbons (Fsp3) is 0.393. The van der Waals surface area contributed by atoms with Gasteiger partial charge >= 0.3 is 5.69 Å². The normalized spacial score (nSPS) is 22.5. The van der Waals surface area contributed by atoms with Gasteiger partial charge in [-0.15, -0.1) is 0 Å². The number of aromatic amines is 1. The van der Waals surface area contributed by atoms with Crippen molar-refractivity contribution in [3.63, 3.8) is 0 Å². The molecule has 2 N–H and O–H groups in total. The molecule has 3 heterocycles. The Hall–Kier alpha value is -3.76. The molecular formula is C28H30FN3O6. The fourth-order valence-corrected chi connectivity index (χ4v) is 5.25. The van der Waals surface area contributed by atoms with Crippen LogP contribution in [0.4, 0.5) is 4.39 Å².